The zero-order chi connectivity index (χ0) is 19.0. The van der Waals surface area contributed by atoms with Crippen molar-refractivity contribution in [2.75, 3.05) is 26.2 Å². The zero-order valence-corrected chi connectivity index (χ0v) is 16.5. The number of carbonyl (C=O) groups excluding carboxylic acids is 1. The lowest BCUT2D eigenvalue weighted by Gasteiger charge is -2.40. The summed E-state index contributed by atoms with van der Waals surface area (Å²) in [6, 6.07) is 10.0. The summed E-state index contributed by atoms with van der Waals surface area (Å²) in [5.41, 5.74) is 3.04. The Labute approximate surface area is 167 Å². The van der Waals surface area contributed by atoms with E-state index in [9.17, 15) is 4.79 Å². The van der Waals surface area contributed by atoms with Gasteiger partial charge in [0.05, 0.1) is 28.1 Å². The monoisotopic (exact) mass is 396 g/mol. The molecule has 0 saturated carbocycles. The number of hydrogen-bond donors (Lipinski definition) is 3. The first-order valence-electron chi connectivity index (χ1n) is 9.93. The summed E-state index contributed by atoms with van der Waals surface area (Å²) < 4.78 is 6.22. The van der Waals surface area contributed by atoms with E-state index in [4.69, 9.17) is 4.74 Å². The van der Waals surface area contributed by atoms with E-state index in [1.807, 2.05) is 24.3 Å². The number of rotatable bonds is 4. The molecule has 5 rings (SSSR count). The second-order valence-electron chi connectivity index (χ2n) is 7.50. The Morgan fingerprint density at radius 2 is 2.14 bits per heavy atom. The number of aromatic amines is 1. The molecule has 0 unspecified atom stereocenters. The SMILES string of the molecule is O=C(NCCc1nc2ccccc2[nH]1)c1cc2c(s1)CCOC21CCNCC1. The molecule has 2 aliphatic heterocycles. The number of thiophene rings is 1. The summed E-state index contributed by atoms with van der Waals surface area (Å²) in [6.07, 6.45) is 3.54. The summed E-state index contributed by atoms with van der Waals surface area (Å²) in [6.45, 7) is 3.25. The number of nitrogens with zero attached hydrogens (tertiary/aromatic N) is 1. The topological polar surface area (TPSA) is 79.0 Å². The van der Waals surface area contributed by atoms with Crippen molar-refractivity contribution in [3.63, 3.8) is 0 Å². The predicted octanol–water partition coefficient (Wildman–Crippen LogP) is 2.75. The smallest absolute Gasteiger partial charge is 0.261 e. The largest absolute Gasteiger partial charge is 0.370 e. The van der Waals surface area contributed by atoms with Crippen molar-refractivity contribution in [1.82, 2.24) is 20.6 Å². The molecule has 3 N–H and O–H groups in total. The van der Waals surface area contributed by atoms with Gasteiger partial charge < -0.3 is 20.4 Å². The fourth-order valence-electron chi connectivity index (χ4n) is 4.28. The highest BCUT2D eigenvalue weighted by atomic mass is 32.1. The number of amides is 1. The molecule has 0 aliphatic carbocycles. The van der Waals surface area contributed by atoms with Crippen LogP contribution in [-0.2, 0) is 23.2 Å². The van der Waals surface area contributed by atoms with Gasteiger partial charge in [-0.25, -0.2) is 4.98 Å². The number of H-pyrrole nitrogens is 1. The molecule has 0 atom stereocenters. The first-order chi connectivity index (χ1) is 13.7. The summed E-state index contributed by atoms with van der Waals surface area (Å²) >= 11 is 1.63. The molecule has 1 spiro atoms. The Hall–Kier alpha value is -2.22. The number of imidazole rings is 1. The van der Waals surface area contributed by atoms with Gasteiger partial charge in [-0.1, -0.05) is 12.1 Å². The molecule has 6 nitrogen and oxygen atoms in total. The van der Waals surface area contributed by atoms with Gasteiger partial charge in [0.2, 0.25) is 0 Å². The molecule has 1 amide bonds. The molecule has 1 fully saturated rings. The average molecular weight is 397 g/mol. The second-order valence-corrected chi connectivity index (χ2v) is 8.63. The van der Waals surface area contributed by atoms with Crippen molar-refractivity contribution in [3.8, 4) is 0 Å². The third-order valence-electron chi connectivity index (χ3n) is 5.73. The molecule has 2 aliphatic rings. The van der Waals surface area contributed by atoms with Gasteiger partial charge in [-0.2, -0.15) is 0 Å². The summed E-state index contributed by atoms with van der Waals surface area (Å²) in [5.74, 6) is 0.897. The Morgan fingerprint density at radius 1 is 1.29 bits per heavy atom. The molecular weight excluding hydrogens is 372 g/mol. The van der Waals surface area contributed by atoms with Gasteiger partial charge in [-0.3, -0.25) is 4.79 Å². The number of ether oxygens (including phenoxy) is 1. The van der Waals surface area contributed by atoms with Crippen LogP contribution >= 0.6 is 11.3 Å². The van der Waals surface area contributed by atoms with E-state index in [0.29, 0.717) is 13.0 Å². The molecule has 1 aromatic carbocycles. The van der Waals surface area contributed by atoms with Crippen LogP contribution in [0.5, 0.6) is 0 Å². The van der Waals surface area contributed by atoms with Crippen LogP contribution in [0.15, 0.2) is 30.3 Å². The van der Waals surface area contributed by atoms with Crippen molar-refractivity contribution in [2.24, 2.45) is 0 Å². The fourth-order valence-corrected chi connectivity index (χ4v) is 5.43. The van der Waals surface area contributed by atoms with Crippen LogP contribution in [0.25, 0.3) is 11.0 Å². The lowest BCUT2D eigenvalue weighted by atomic mass is 9.83. The quantitative estimate of drug-likeness (QED) is 0.634. The van der Waals surface area contributed by atoms with Crippen molar-refractivity contribution in [3.05, 3.63) is 51.5 Å². The van der Waals surface area contributed by atoms with E-state index in [2.05, 4.69) is 26.7 Å². The van der Waals surface area contributed by atoms with E-state index in [0.717, 1.165) is 60.7 Å². The lowest BCUT2D eigenvalue weighted by Crippen LogP contribution is -2.44. The molecule has 28 heavy (non-hydrogen) atoms. The summed E-state index contributed by atoms with van der Waals surface area (Å²) in [7, 11) is 0. The van der Waals surface area contributed by atoms with E-state index >= 15 is 0 Å². The van der Waals surface area contributed by atoms with Crippen molar-refractivity contribution in [1.29, 1.82) is 0 Å². The average Bonchev–Trinajstić information content (AvgIpc) is 3.33. The van der Waals surface area contributed by atoms with E-state index < -0.39 is 0 Å². The highest BCUT2D eigenvalue weighted by Crippen LogP contribution is 2.43. The molecule has 3 aromatic rings. The van der Waals surface area contributed by atoms with Crippen LogP contribution in [0.3, 0.4) is 0 Å². The van der Waals surface area contributed by atoms with Crippen LogP contribution in [0.2, 0.25) is 0 Å². The number of piperidine rings is 1. The van der Waals surface area contributed by atoms with Crippen molar-refractivity contribution < 1.29 is 9.53 Å². The molecule has 146 valence electrons. The maximum absolute atomic E-state index is 12.7. The van der Waals surface area contributed by atoms with Crippen molar-refractivity contribution in [2.45, 2.75) is 31.3 Å². The second kappa shape index (κ2) is 7.31. The third-order valence-corrected chi connectivity index (χ3v) is 6.92. The number of aromatic nitrogens is 2. The van der Waals surface area contributed by atoms with Gasteiger partial charge in [0.15, 0.2) is 0 Å². The number of nitrogens with one attached hydrogen (secondary N) is 3. The number of fused-ring (bicyclic) bond motifs is 3. The van der Waals surface area contributed by atoms with E-state index in [1.165, 1.54) is 10.4 Å². The molecule has 0 bridgehead atoms. The normalized spacial score (nSPS) is 18.3. The van der Waals surface area contributed by atoms with Gasteiger partial charge in [0.1, 0.15) is 5.82 Å². The van der Waals surface area contributed by atoms with Crippen LogP contribution in [0.1, 0.15) is 38.8 Å². The number of para-hydroxylation sites is 2. The predicted molar refractivity (Wildman–Crippen MR) is 110 cm³/mol. The first kappa shape index (κ1) is 17.8. The Bertz CT molecular complexity index is 970. The van der Waals surface area contributed by atoms with E-state index in [1.54, 1.807) is 11.3 Å². The molecule has 2 aromatic heterocycles. The molecular formula is C21H24N4O2S. The minimum absolute atomic E-state index is 0.000374. The Morgan fingerprint density at radius 3 is 3.00 bits per heavy atom. The number of benzene rings is 1. The standard InChI is InChI=1S/C21H24N4O2S/c26-20(23-9-5-19-24-15-3-1-2-4-16(15)25-19)18-13-14-17(28-18)6-12-27-21(14)7-10-22-11-8-21/h1-4,13,22H,5-12H2,(H,23,26)(H,24,25). The van der Waals surface area contributed by atoms with Crippen LogP contribution in [0.4, 0.5) is 0 Å². The fraction of sp³-hybridized carbons (Fsp3) is 0.429. The van der Waals surface area contributed by atoms with Crippen LogP contribution in [-0.4, -0.2) is 42.1 Å². The first-order valence-corrected chi connectivity index (χ1v) is 10.7. The number of hydrogen-bond acceptors (Lipinski definition) is 5. The third kappa shape index (κ3) is 3.23. The molecule has 4 heterocycles. The lowest BCUT2D eigenvalue weighted by molar-refractivity contribution is -0.0792. The maximum atomic E-state index is 12.7. The van der Waals surface area contributed by atoms with Gasteiger partial charge in [0, 0.05) is 24.3 Å². The van der Waals surface area contributed by atoms with Gasteiger partial charge in [-0.15, -0.1) is 11.3 Å². The van der Waals surface area contributed by atoms with Gasteiger partial charge >= 0.3 is 0 Å². The summed E-state index contributed by atoms with van der Waals surface area (Å²) in [5, 5.41) is 6.46. The number of carbonyl (C=O) groups is 1. The molecule has 1 saturated heterocycles. The minimum Gasteiger partial charge on any atom is -0.370 e. The van der Waals surface area contributed by atoms with Gasteiger partial charge in [-0.05, 0) is 49.7 Å². The highest BCUT2D eigenvalue weighted by molar-refractivity contribution is 7.14. The van der Waals surface area contributed by atoms with Crippen molar-refractivity contribution >= 4 is 28.3 Å². The van der Waals surface area contributed by atoms with Crippen LogP contribution < -0.4 is 10.6 Å². The Kier molecular flexibility index (Phi) is 4.66. The minimum atomic E-state index is -0.192. The highest BCUT2D eigenvalue weighted by Gasteiger charge is 2.40. The zero-order valence-electron chi connectivity index (χ0n) is 15.7. The summed E-state index contributed by atoms with van der Waals surface area (Å²) in [4.78, 5) is 22.7. The maximum Gasteiger partial charge on any atom is 0.261 e. The molecule has 7 heteroatoms. The molecule has 0 radical (unpaired) electrons. The van der Waals surface area contributed by atoms with E-state index in [-0.39, 0.29) is 11.5 Å². The van der Waals surface area contributed by atoms with Crippen LogP contribution in [0, 0.1) is 0 Å². The Balaban J connectivity index is 1.26. The van der Waals surface area contributed by atoms with Gasteiger partial charge in [0.25, 0.3) is 5.91 Å².